The van der Waals surface area contributed by atoms with E-state index in [-0.39, 0.29) is 30.3 Å². The Kier molecular flexibility index (Phi) is 11.4. The highest BCUT2D eigenvalue weighted by atomic mass is 16.5. The molecule has 2 fully saturated rings. The number of alkyl carbamates (subject to hydrolysis) is 1. The summed E-state index contributed by atoms with van der Waals surface area (Å²) in [7, 11) is 1.28. The van der Waals surface area contributed by atoms with Crippen LogP contribution < -0.4 is 10.6 Å². The monoisotopic (exact) mass is 740 g/mol. The van der Waals surface area contributed by atoms with Crippen molar-refractivity contribution in [3.05, 3.63) is 72.6 Å². The molecule has 54 heavy (non-hydrogen) atoms. The van der Waals surface area contributed by atoms with Crippen LogP contribution in [0.4, 0.5) is 9.59 Å². The summed E-state index contributed by atoms with van der Waals surface area (Å²) < 4.78 is 4.74. The van der Waals surface area contributed by atoms with Crippen LogP contribution in [-0.4, -0.2) is 102 Å². The van der Waals surface area contributed by atoms with Gasteiger partial charge in [0.2, 0.25) is 11.8 Å². The predicted molar refractivity (Wildman–Crippen MR) is 200 cm³/mol. The number of carbonyl (C=O) groups is 4. The number of H-pyrrole nitrogens is 2. The highest BCUT2D eigenvalue weighted by Crippen LogP contribution is 2.35. The van der Waals surface area contributed by atoms with Gasteiger partial charge >= 0.3 is 12.2 Å². The third-order valence-electron chi connectivity index (χ3n) is 10.3. The van der Waals surface area contributed by atoms with E-state index in [9.17, 15) is 29.4 Å². The number of amides is 4. The minimum Gasteiger partial charge on any atom is -0.465 e. The quantitative estimate of drug-likeness (QED) is 0.121. The lowest BCUT2D eigenvalue weighted by Crippen LogP contribution is -2.51. The maximum atomic E-state index is 13.5. The van der Waals surface area contributed by atoms with E-state index < -0.39 is 42.3 Å². The first-order chi connectivity index (χ1) is 25.9. The normalized spacial score (nSPS) is 19.6. The number of aliphatic hydroxyl groups excluding tert-OH is 1. The van der Waals surface area contributed by atoms with Gasteiger partial charge in [-0.15, -0.1) is 0 Å². The van der Waals surface area contributed by atoms with E-state index in [0.29, 0.717) is 30.3 Å². The average molecular weight is 741 g/mol. The number of rotatable bonds is 11. The number of carbonyl (C=O) groups excluding carboxylic acids is 3. The fraction of sp³-hybridized carbons (Fsp3) is 0.436. The molecule has 2 aromatic carbocycles. The molecule has 15 nitrogen and oxygen atoms in total. The van der Waals surface area contributed by atoms with Crippen LogP contribution >= 0.6 is 0 Å². The third-order valence-corrected chi connectivity index (χ3v) is 10.3. The van der Waals surface area contributed by atoms with Crippen molar-refractivity contribution < 1.29 is 34.1 Å². The number of imidazole rings is 2. The standard InChI is InChI=1S/C39H48N8O7/c1-21(2)31(44-38(51)52)37(50)47-18-16-30(48)33(47)35-41-20-28(43-35)26-14-10-24(11-15-26)23-8-12-25(13-9-23)27-19-40-34(42-27)29-7-6-17-46(29)36(49)32(22(3)4)45-39(53)54-5/h8-15,19-22,29-33,44,48H,6-7,16-18H2,1-5H3,(H,40,42)(H,41,43)(H,45,53)(H,51,52)/t29?,30-,31-,32-,33-/m0/s1. The second kappa shape index (κ2) is 16.1. The molecule has 0 saturated carbocycles. The molecular weight excluding hydrogens is 692 g/mol. The van der Waals surface area contributed by atoms with Gasteiger partial charge in [0.25, 0.3) is 0 Å². The molecule has 6 N–H and O–H groups in total. The molecule has 2 aliphatic heterocycles. The molecule has 4 aromatic rings. The first-order valence-electron chi connectivity index (χ1n) is 18.3. The second-order valence-corrected chi connectivity index (χ2v) is 14.5. The van der Waals surface area contributed by atoms with Crippen molar-refractivity contribution >= 4 is 24.0 Å². The molecule has 0 radical (unpaired) electrons. The maximum absolute atomic E-state index is 13.5. The number of nitrogens with zero attached hydrogens (tertiary/aromatic N) is 4. The van der Waals surface area contributed by atoms with Crippen molar-refractivity contribution in [2.75, 3.05) is 20.2 Å². The second-order valence-electron chi connectivity index (χ2n) is 14.5. The minimum atomic E-state index is -1.28. The molecule has 0 aliphatic carbocycles. The van der Waals surface area contributed by atoms with Gasteiger partial charge in [-0.1, -0.05) is 76.2 Å². The van der Waals surface area contributed by atoms with E-state index in [1.165, 1.54) is 12.0 Å². The molecule has 4 heterocycles. The van der Waals surface area contributed by atoms with E-state index in [2.05, 4.69) is 20.6 Å². The summed E-state index contributed by atoms with van der Waals surface area (Å²) in [6, 6.07) is 13.4. The van der Waals surface area contributed by atoms with Gasteiger partial charge in [0.1, 0.15) is 29.8 Å². The van der Waals surface area contributed by atoms with Crippen molar-refractivity contribution in [3.63, 3.8) is 0 Å². The Hall–Kier alpha value is -5.70. The minimum absolute atomic E-state index is 0.116. The molecule has 15 heteroatoms. The predicted octanol–water partition coefficient (Wildman–Crippen LogP) is 5.10. The third kappa shape index (κ3) is 7.95. The maximum Gasteiger partial charge on any atom is 0.407 e. The summed E-state index contributed by atoms with van der Waals surface area (Å²) in [6.07, 6.45) is 2.79. The zero-order chi connectivity index (χ0) is 38.7. The lowest BCUT2D eigenvalue weighted by molar-refractivity contribution is -0.136. The Morgan fingerprint density at radius 1 is 0.741 bits per heavy atom. The number of aromatic amines is 2. The Bertz CT molecular complexity index is 1960. The Morgan fingerprint density at radius 2 is 1.24 bits per heavy atom. The molecule has 1 unspecified atom stereocenters. The summed E-state index contributed by atoms with van der Waals surface area (Å²) in [4.78, 5) is 69.5. The number of aromatic nitrogens is 4. The highest BCUT2D eigenvalue weighted by Gasteiger charge is 2.42. The van der Waals surface area contributed by atoms with Gasteiger partial charge in [-0.3, -0.25) is 9.59 Å². The number of likely N-dealkylation sites (tertiary alicyclic amines) is 2. The fourth-order valence-corrected chi connectivity index (χ4v) is 7.33. The molecule has 2 saturated heterocycles. The number of hydrogen-bond acceptors (Lipinski definition) is 8. The number of methoxy groups -OCH3 is 1. The van der Waals surface area contributed by atoms with Gasteiger partial charge in [-0.2, -0.15) is 0 Å². The highest BCUT2D eigenvalue weighted by molar-refractivity contribution is 5.87. The van der Waals surface area contributed by atoms with Gasteiger partial charge in [-0.25, -0.2) is 19.6 Å². The molecule has 5 atom stereocenters. The van der Waals surface area contributed by atoms with Gasteiger partial charge in [-0.05, 0) is 42.2 Å². The number of carboxylic acid groups (broad SMARTS) is 1. The summed E-state index contributed by atoms with van der Waals surface area (Å²) in [6.45, 7) is 8.19. The largest absolute Gasteiger partial charge is 0.465 e. The van der Waals surface area contributed by atoms with E-state index in [1.54, 1.807) is 24.9 Å². The number of aliphatic hydroxyl groups is 1. The molecular formula is C39H48N8O7. The van der Waals surface area contributed by atoms with Crippen LogP contribution in [0.2, 0.25) is 0 Å². The summed E-state index contributed by atoms with van der Waals surface area (Å²) in [5.74, 6) is 0.195. The van der Waals surface area contributed by atoms with E-state index in [1.807, 2.05) is 68.6 Å². The van der Waals surface area contributed by atoms with Crippen LogP contribution in [0.5, 0.6) is 0 Å². The van der Waals surface area contributed by atoms with Crippen LogP contribution in [0, 0.1) is 11.8 Å². The lowest BCUT2D eigenvalue weighted by Gasteiger charge is -2.30. The van der Waals surface area contributed by atoms with Crippen LogP contribution in [0.15, 0.2) is 60.9 Å². The fourth-order valence-electron chi connectivity index (χ4n) is 7.33. The van der Waals surface area contributed by atoms with E-state index in [4.69, 9.17) is 14.7 Å². The average Bonchev–Trinajstić information content (AvgIpc) is 3.99. The smallest absolute Gasteiger partial charge is 0.407 e. The number of nitrogens with one attached hydrogen (secondary N) is 4. The first-order valence-corrected chi connectivity index (χ1v) is 18.3. The SMILES string of the molecule is COC(=O)N[C@H](C(=O)N1CCCC1c1nc(-c2ccc(-c3ccc(-c4c[nH]c([C@@H]5[C@@H](O)CCN5C(=O)[C@@H](NC(=O)O)C(C)C)n4)cc3)cc2)c[nH]1)C(C)C. The number of hydrogen-bond donors (Lipinski definition) is 6. The van der Waals surface area contributed by atoms with Crippen LogP contribution in [0.25, 0.3) is 33.6 Å². The van der Waals surface area contributed by atoms with Gasteiger partial charge in [0.05, 0.1) is 30.6 Å². The topological polar surface area (TPSA) is 206 Å². The summed E-state index contributed by atoms with van der Waals surface area (Å²) in [5, 5.41) is 25.1. The molecule has 2 aromatic heterocycles. The zero-order valence-electron chi connectivity index (χ0n) is 31.1. The molecule has 6 rings (SSSR count). The summed E-state index contributed by atoms with van der Waals surface area (Å²) in [5.41, 5.74) is 5.19. The van der Waals surface area contributed by atoms with Crippen molar-refractivity contribution in [1.82, 2.24) is 40.4 Å². The molecule has 286 valence electrons. The number of benzene rings is 2. The Balaban J connectivity index is 1.12. The van der Waals surface area contributed by atoms with Crippen molar-refractivity contribution in [2.45, 2.75) is 77.2 Å². The van der Waals surface area contributed by atoms with Crippen LogP contribution in [-0.2, 0) is 14.3 Å². The van der Waals surface area contributed by atoms with Crippen molar-refractivity contribution in [3.8, 4) is 33.6 Å². The Morgan fingerprint density at radius 3 is 1.78 bits per heavy atom. The van der Waals surface area contributed by atoms with Crippen molar-refractivity contribution in [2.24, 2.45) is 11.8 Å². The van der Waals surface area contributed by atoms with Gasteiger partial charge in [0.15, 0.2) is 0 Å². The molecule has 2 aliphatic rings. The van der Waals surface area contributed by atoms with E-state index in [0.717, 1.165) is 40.8 Å². The number of ether oxygens (including phenoxy) is 1. The van der Waals surface area contributed by atoms with E-state index >= 15 is 0 Å². The molecule has 4 amide bonds. The van der Waals surface area contributed by atoms with Crippen LogP contribution in [0.1, 0.15) is 70.7 Å². The Labute approximate surface area is 313 Å². The van der Waals surface area contributed by atoms with Gasteiger partial charge < -0.3 is 45.4 Å². The summed E-state index contributed by atoms with van der Waals surface area (Å²) >= 11 is 0. The van der Waals surface area contributed by atoms with Gasteiger partial charge in [0, 0.05) is 36.6 Å². The molecule has 0 spiro atoms. The first kappa shape index (κ1) is 38.0. The van der Waals surface area contributed by atoms with Crippen LogP contribution in [0.3, 0.4) is 0 Å². The molecule has 0 bridgehead atoms. The van der Waals surface area contributed by atoms with Crippen molar-refractivity contribution in [1.29, 1.82) is 0 Å². The zero-order valence-corrected chi connectivity index (χ0v) is 31.1. The lowest BCUT2D eigenvalue weighted by atomic mass is 10.0.